The van der Waals surface area contributed by atoms with Crippen LogP contribution in [0.25, 0.3) is 49.1 Å². The molecule has 0 aliphatic heterocycles. The molecule has 3 nitrogen and oxygen atoms in total. The number of benzene rings is 3. The monoisotopic (exact) mass is 404 g/mol. The van der Waals surface area contributed by atoms with Gasteiger partial charge in [-0.05, 0) is 77.9 Å². The van der Waals surface area contributed by atoms with E-state index in [9.17, 15) is 0 Å². The summed E-state index contributed by atoms with van der Waals surface area (Å²) >= 11 is 0. The normalized spacial score (nSPS) is 15.6. The molecule has 3 aromatic carbocycles. The van der Waals surface area contributed by atoms with Gasteiger partial charge in [0.05, 0.1) is 23.5 Å². The molecule has 6 aromatic rings. The van der Waals surface area contributed by atoms with Gasteiger partial charge in [-0.3, -0.25) is 0 Å². The van der Waals surface area contributed by atoms with E-state index in [0.29, 0.717) is 5.92 Å². The first-order chi connectivity index (χ1) is 15.1. The zero-order valence-corrected chi connectivity index (χ0v) is 18.4. The molecule has 0 spiro atoms. The Labute approximate surface area is 181 Å². The lowest BCUT2D eigenvalue weighted by Crippen LogP contribution is -2.30. The van der Waals surface area contributed by atoms with Gasteiger partial charge >= 0.3 is 0 Å². The molecule has 1 aliphatic carbocycles. The zero-order valence-electron chi connectivity index (χ0n) is 18.4. The summed E-state index contributed by atoms with van der Waals surface area (Å²) in [5, 5.41) is 5.31. The lowest BCUT2D eigenvalue weighted by molar-refractivity contribution is -0.647. The number of hydrogen-bond acceptors (Lipinski definition) is 1. The molecule has 0 atom stereocenters. The van der Waals surface area contributed by atoms with Crippen LogP contribution in [0.1, 0.15) is 48.3 Å². The van der Waals surface area contributed by atoms with Crippen molar-refractivity contribution < 1.29 is 4.57 Å². The highest BCUT2D eigenvalue weighted by molar-refractivity contribution is 6.25. The predicted molar refractivity (Wildman–Crippen MR) is 128 cm³/mol. The maximum Gasteiger partial charge on any atom is 0.287 e. The van der Waals surface area contributed by atoms with Crippen molar-refractivity contribution >= 4 is 49.1 Å². The van der Waals surface area contributed by atoms with Gasteiger partial charge in [-0.15, -0.1) is 0 Å². The molecule has 0 amide bonds. The second kappa shape index (κ2) is 5.94. The standard InChI is InChI=1S/C28H26N3/c1-16-13-20-9-6-10-22-25(20)24(17(16)2)27-28-26(29-15-30(27)3)21-12-11-19(14-23(21)31(22)28)18-7-4-5-8-18/h6,9-15,18H,4-5,7-8H2,1-3H3/q+1. The van der Waals surface area contributed by atoms with E-state index in [-0.39, 0.29) is 0 Å². The molecule has 31 heavy (non-hydrogen) atoms. The molecule has 1 fully saturated rings. The number of aromatic nitrogens is 3. The highest BCUT2D eigenvalue weighted by Crippen LogP contribution is 2.42. The number of hydrogen-bond donors (Lipinski definition) is 0. The van der Waals surface area contributed by atoms with Gasteiger partial charge < -0.3 is 4.40 Å². The SMILES string of the molecule is Cc1cc2cccc3c2c(c1C)c1c2c(nc[n+]1C)c1ccc(C4CCCC4)cc1n32. The van der Waals surface area contributed by atoms with Gasteiger partial charge in [-0.1, -0.05) is 37.1 Å². The van der Waals surface area contributed by atoms with Crippen LogP contribution in [0, 0.1) is 13.8 Å². The molecule has 1 saturated carbocycles. The van der Waals surface area contributed by atoms with Gasteiger partial charge in [0.1, 0.15) is 5.52 Å². The molecule has 0 bridgehead atoms. The lowest BCUT2D eigenvalue weighted by atomic mass is 9.95. The van der Waals surface area contributed by atoms with Crippen LogP contribution in [-0.4, -0.2) is 9.38 Å². The molecule has 0 radical (unpaired) electrons. The third-order valence-electron chi connectivity index (χ3n) is 7.87. The van der Waals surface area contributed by atoms with E-state index in [1.54, 1.807) is 0 Å². The van der Waals surface area contributed by atoms with E-state index in [2.05, 4.69) is 72.3 Å². The van der Waals surface area contributed by atoms with Crippen LogP contribution in [0.15, 0.2) is 48.8 Å². The van der Waals surface area contributed by atoms with E-state index < -0.39 is 0 Å². The predicted octanol–water partition coefficient (Wildman–Crippen LogP) is 6.48. The second-order valence-corrected chi connectivity index (χ2v) is 9.56. The second-order valence-electron chi connectivity index (χ2n) is 9.56. The first kappa shape index (κ1) is 17.5. The first-order valence-electron chi connectivity index (χ1n) is 11.5. The highest BCUT2D eigenvalue weighted by atomic mass is 15.0. The Morgan fingerprint density at radius 3 is 2.65 bits per heavy atom. The highest BCUT2D eigenvalue weighted by Gasteiger charge is 2.26. The van der Waals surface area contributed by atoms with Crippen LogP contribution in [0.3, 0.4) is 0 Å². The summed E-state index contributed by atoms with van der Waals surface area (Å²) in [6.07, 6.45) is 7.35. The average molecular weight is 405 g/mol. The fourth-order valence-electron chi connectivity index (χ4n) is 6.22. The zero-order chi connectivity index (χ0) is 20.9. The van der Waals surface area contributed by atoms with E-state index in [1.165, 1.54) is 86.0 Å². The Bertz CT molecular complexity index is 1670. The van der Waals surface area contributed by atoms with Crippen molar-refractivity contribution in [3.8, 4) is 0 Å². The molecule has 0 unspecified atom stereocenters. The third kappa shape index (κ3) is 2.14. The van der Waals surface area contributed by atoms with Crippen LogP contribution in [0.2, 0.25) is 0 Å². The summed E-state index contributed by atoms with van der Waals surface area (Å²) in [5.41, 5.74) is 10.4. The number of aryl methyl sites for hydroxylation is 3. The summed E-state index contributed by atoms with van der Waals surface area (Å²) < 4.78 is 4.71. The summed E-state index contributed by atoms with van der Waals surface area (Å²) in [5.74, 6) is 0.704. The summed E-state index contributed by atoms with van der Waals surface area (Å²) in [4.78, 5) is 4.93. The van der Waals surface area contributed by atoms with Crippen LogP contribution < -0.4 is 4.57 Å². The quantitative estimate of drug-likeness (QED) is 0.174. The van der Waals surface area contributed by atoms with Gasteiger partial charge in [-0.2, -0.15) is 0 Å². The van der Waals surface area contributed by atoms with Gasteiger partial charge in [0.2, 0.25) is 5.52 Å². The molecule has 3 heteroatoms. The lowest BCUT2D eigenvalue weighted by Gasteiger charge is -2.15. The molecule has 3 aromatic heterocycles. The van der Waals surface area contributed by atoms with Crippen LogP contribution >= 0.6 is 0 Å². The number of nitrogens with zero attached hydrogens (tertiary/aromatic N) is 3. The molecule has 7 rings (SSSR count). The van der Waals surface area contributed by atoms with Crippen molar-refractivity contribution in [2.45, 2.75) is 45.4 Å². The summed E-state index contributed by atoms with van der Waals surface area (Å²) in [7, 11) is 2.13. The van der Waals surface area contributed by atoms with E-state index in [0.717, 1.165) is 5.52 Å². The Hall–Kier alpha value is -3.20. The van der Waals surface area contributed by atoms with E-state index in [1.807, 2.05) is 6.33 Å². The van der Waals surface area contributed by atoms with Crippen LogP contribution in [0.5, 0.6) is 0 Å². The van der Waals surface area contributed by atoms with Crippen molar-refractivity contribution in [3.63, 3.8) is 0 Å². The number of rotatable bonds is 1. The van der Waals surface area contributed by atoms with Gasteiger partial charge in [-0.25, -0.2) is 4.57 Å². The van der Waals surface area contributed by atoms with Gasteiger partial charge in [0.15, 0.2) is 5.52 Å². The van der Waals surface area contributed by atoms with E-state index >= 15 is 0 Å². The Morgan fingerprint density at radius 2 is 1.81 bits per heavy atom. The summed E-state index contributed by atoms with van der Waals surface area (Å²) in [6, 6.07) is 16.2. The largest absolute Gasteiger partial charge is 0.302 e. The fraction of sp³-hybridized carbons (Fsp3) is 0.286. The van der Waals surface area contributed by atoms with Crippen LogP contribution in [0.4, 0.5) is 0 Å². The fourth-order valence-corrected chi connectivity index (χ4v) is 6.22. The molecular weight excluding hydrogens is 378 g/mol. The van der Waals surface area contributed by atoms with Gasteiger partial charge in [0.25, 0.3) is 6.33 Å². The molecule has 152 valence electrons. The minimum Gasteiger partial charge on any atom is -0.302 e. The van der Waals surface area contributed by atoms with Crippen LogP contribution in [-0.2, 0) is 7.05 Å². The smallest absolute Gasteiger partial charge is 0.287 e. The first-order valence-corrected chi connectivity index (χ1v) is 11.5. The van der Waals surface area contributed by atoms with Gasteiger partial charge in [0, 0.05) is 10.8 Å². The van der Waals surface area contributed by atoms with Crippen molar-refractivity contribution in [1.29, 1.82) is 0 Å². The minimum atomic E-state index is 0.704. The number of fused-ring (bicyclic) bond motifs is 5. The molecule has 1 aliphatic rings. The molecule has 0 saturated heterocycles. The maximum absolute atomic E-state index is 4.93. The topological polar surface area (TPSA) is 21.2 Å². The third-order valence-corrected chi connectivity index (χ3v) is 7.87. The van der Waals surface area contributed by atoms with Crippen molar-refractivity contribution in [1.82, 2.24) is 9.38 Å². The Kier molecular flexibility index (Phi) is 3.35. The summed E-state index contributed by atoms with van der Waals surface area (Å²) in [6.45, 7) is 4.50. The molecule has 0 N–H and O–H groups in total. The minimum absolute atomic E-state index is 0.704. The molecule has 3 heterocycles. The maximum atomic E-state index is 4.93. The van der Waals surface area contributed by atoms with E-state index in [4.69, 9.17) is 4.98 Å². The Balaban J connectivity index is 1.79. The Morgan fingerprint density at radius 1 is 0.968 bits per heavy atom. The van der Waals surface area contributed by atoms with Crippen molar-refractivity contribution in [2.24, 2.45) is 7.05 Å². The van der Waals surface area contributed by atoms with Crippen molar-refractivity contribution in [3.05, 3.63) is 65.5 Å². The number of pyridine rings is 1. The molecular formula is C28H26N3+. The average Bonchev–Trinajstić information content (AvgIpc) is 3.42. The van der Waals surface area contributed by atoms with Crippen molar-refractivity contribution in [2.75, 3.05) is 0 Å².